The number of hydroxylamine groups is 2. The first-order valence-electron chi connectivity index (χ1n) is 9.12. The number of anilines is 1. The van der Waals surface area contributed by atoms with E-state index in [0.29, 0.717) is 22.3 Å². The molecule has 28 heavy (non-hydrogen) atoms. The number of carbonyl (C=O) groups excluding carboxylic acids is 1. The van der Waals surface area contributed by atoms with E-state index in [0.717, 1.165) is 34.8 Å². The lowest BCUT2D eigenvalue weighted by atomic mass is 9.78. The van der Waals surface area contributed by atoms with Crippen LogP contribution >= 0.6 is 11.8 Å². The van der Waals surface area contributed by atoms with Gasteiger partial charge in [-0.1, -0.05) is 13.8 Å². The maximum Gasteiger partial charge on any atom is 0.271 e. The number of hydrogen-bond donors (Lipinski definition) is 2. The molecule has 152 valence electrons. The molecule has 2 N–H and O–H groups in total. The van der Waals surface area contributed by atoms with E-state index in [1.807, 2.05) is 18.2 Å². The summed E-state index contributed by atoms with van der Waals surface area (Å²) < 4.78 is 10.7. The van der Waals surface area contributed by atoms with Crippen LogP contribution in [0.25, 0.3) is 0 Å². The lowest BCUT2D eigenvalue weighted by molar-refractivity contribution is -0.160. The normalized spacial score (nSPS) is 20.8. The predicted molar refractivity (Wildman–Crippen MR) is 111 cm³/mol. The van der Waals surface area contributed by atoms with Crippen molar-refractivity contribution in [2.45, 2.75) is 32.7 Å². The zero-order valence-electron chi connectivity index (χ0n) is 16.9. The molecule has 1 aromatic rings. The van der Waals surface area contributed by atoms with Crippen molar-refractivity contribution >= 4 is 29.1 Å². The Morgan fingerprint density at radius 1 is 1.29 bits per heavy atom. The number of nitrogens with zero attached hydrogens (tertiary/aromatic N) is 2. The summed E-state index contributed by atoms with van der Waals surface area (Å²) in [6.45, 7) is 4.38. The maximum atomic E-state index is 12.1. The number of hydrogen-bond acceptors (Lipinski definition) is 7. The number of fused-ring (bicyclic) bond motifs is 1. The smallest absolute Gasteiger partial charge is 0.271 e. The van der Waals surface area contributed by atoms with Gasteiger partial charge in [-0.15, -0.1) is 11.8 Å². The quantitative estimate of drug-likeness (QED) is 0.576. The maximum absolute atomic E-state index is 12.1. The van der Waals surface area contributed by atoms with Crippen LogP contribution in [0.2, 0.25) is 0 Å². The van der Waals surface area contributed by atoms with Crippen molar-refractivity contribution in [2.75, 3.05) is 32.3 Å². The fourth-order valence-electron chi connectivity index (χ4n) is 3.52. The largest absolute Gasteiger partial charge is 0.493 e. The number of thioether (sulfide) groups is 1. The third-order valence-corrected chi connectivity index (χ3v) is 6.07. The van der Waals surface area contributed by atoms with Crippen molar-refractivity contribution in [3.63, 3.8) is 0 Å². The first kappa shape index (κ1) is 20.5. The minimum atomic E-state index is -0.546. The van der Waals surface area contributed by atoms with Gasteiger partial charge in [-0.05, 0) is 30.4 Å². The molecule has 2 aliphatic rings. The molecule has 0 fully saturated rings. The van der Waals surface area contributed by atoms with Crippen LogP contribution in [0.1, 0.15) is 26.7 Å². The van der Waals surface area contributed by atoms with E-state index < -0.39 is 6.04 Å². The van der Waals surface area contributed by atoms with Gasteiger partial charge in [-0.25, -0.2) is 5.06 Å². The highest BCUT2D eigenvalue weighted by molar-refractivity contribution is 8.04. The molecule has 1 atom stereocenters. The summed E-state index contributed by atoms with van der Waals surface area (Å²) in [6, 6.07) is 5.18. The number of amides is 1. The number of carbonyl (C=O) groups is 1. The van der Waals surface area contributed by atoms with Gasteiger partial charge in [-0.3, -0.25) is 15.0 Å². The molecule has 3 rings (SSSR count). The summed E-state index contributed by atoms with van der Waals surface area (Å²) in [5.41, 5.74) is 2.94. The van der Waals surface area contributed by atoms with E-state index >= 15 is 0 Å². The summed E-state index contributed by atoms with van der Waals surface area (Å²) in [5.74, 6) is 1.48. The van der Waals surface area contributed by atoms with Crippen molar-refractivity contribution in [1.29, 1.82) is 0 Å². The lowest BCUT2D eigenvalue weighted by Gasteiger charge is -2.37. The van der Waals surface area contributed by atoms with Crippen molar-refractivity contribution in [3.05, 3.63) is 28.8 Å². The summed E-state index contributed by atoms with van der Waals surface area (Å²) in [5, 5.41) is 13.6. The molecule has 0 saturated carbocycles. The van der Waals surface area contributed by atoms with Gasteiger partial charge >= 0.3 is 0 Å². The summed E-state index contributed by atoms with van der Waals surface area (Å²) in [6.07, 6.45) is 1.67. The average molecular weight is 406 g/mol. The van der Waals surface area contributed by atoms with Crippen molar-refractivity contribution < 1.29 is 19.5 Å². The average Bonchev–Trinajstić information content (AvgIpc) is 2.65. The van der Waals surface area contributed by atoms with Gasteiger partial charge < -0.3 is 14.8 Å². The molecule has 0 aromatic heterocycles. The molecule has 0 saturated heterocycles. The van der Waals surface area contributed by atoms with Crippen molar-refractivity contribution in [3.8, 4) is 11.5 Å². The Morgan fingerprint density at radius 2 is 2.00 bits per heavy atom. The molecule has 1 aromatic carbocycles. The molecular weight excluding hydrogens is 378 g/mol. The van der Waals surface area contributed by atoms with E-state index in [1.165, 1.54) is 7.05 Å². The van der Waals surface area contributed by atoms with Crippen LogP contribution in [0.3, 0.4) is 0 Å². The Balaban J connectivity index is 1.93. The number of aliphatic imine (C=N–C) groups is 1. The van der Waals surface area contributed by atoms with Gasteiger partial charge in [0.05, 0.1) is 19.9 Å². The minimum absolute atomic E-state index is 0.0117. The molecule has 1 aliphatic carbocycles. The summed E-state index contributed by atoms with van der Waals surface area (Å²) in [4.78, 5) is 17.9. The van der Waals surface area contributed by atoms with Crippen LogP contribution in [-0.4, -0.2) is 55.0 Å². The van der Waals surface area contributed by atoms with Gasteiger partial charge in [0.1, 0.15) is 6.04 Å². The highest BCUT2D eigenvalue weighted by Gasteiger charge is 2.36. The van der Waals surface area contributed by atoms with Crippen LogP contribution in [-0.2, 0) is 4.79 Å². The first-order chi connectivity index (χ1) is 13.2. The van der Waals surface area contributed by atoms with Gasteiger partial charge in [0.25, 0.3) is 5.91 Å². The lowest BCUT2D eigenvalue weighted by Crippen LogP contribution is -2.39. The second-order valence-corrected chi connectivity index (χ2v) is 8.81. The second kappa shape index (κ2) is 8.05. The zero-order valence-corrected chi connectivity index (χ0v) is 17.7. The highest BCUT2D eigenvalue weighted by atomic mass is 32.2. The van der Waals surface area contributed by atoms with Crippen LogP contribution < -0.4 is 14.8 Å². The van der Waals surface area contributed by atoms with Gasteiger partial charge in [-0.2, -0.15) is 0 Å². The topological polar surface area (TPSA) is 83.4 Å². The van der Waals surface area contributed by atoms with Crippen molar-refractivity contribution in [2.24, 2.45) is 10.4 Å². The third-order valence-electron chi connectivity index (χ3n) is 4.82. The highest BCUT2D eigenvalue weighted by Crippen LogP contribution is 2.44. The van der Waals surface area contributed by atoms with Crippen LogP contribution in [0.15, 0.2) is 33.8 Å². The fourth-order valence-corrected chi connectivity index (χ4v) is 4.65. The molecule has 1 unspecified atom stereocenters. The van der Waals surface area contributed by atoms with Crippen LogP contribution in [0.4, 0.5) is 5.69 Å². The third kappa shape index (κ3) is 4.28. The van der Waals surface area contributed by atoms with E-state index in [4.69, 9.17) is 9.47 Å². The zero-order chi connectivity index (χ0) is 20.5. The van der Waals surface area contributed by atoms with E-state index in [1.54, 1.807) is 26.0 Å². The number of rotatable bonds is 5. The number of allylic oxidation sites excluding steroid dienone is 2. The Hall–Kier alpha value is -2.19. The molecule has 0 radical (unpaired) electrons. The van der Waals surface area contributed by atoms with Crippen LogP contribution in [0.5, 0.6) is 11.5 Å². The predicted octanol–water partition coefficient (Wildman–Crippen LogP) is 3.55. The SMILES string of the molecule is COc1ccc(NC2=C3SCC(C(=O)N(C)O)N=C3CC(C)(C)C2)cc1OC. The number of likely N-dealkylation sites (N-methyl/N-ethyl adjacent to an activating group) is 1. The summed E-state index contributed by atoms with van der Waals surface area (Å²) >= 11 is 1.62. The van der Waals surface area contributed by atoms with Crippen LogP contribution in [0, 0.1) is 5.41 Å². The van der Waals surface area contributed by atoms with Gasteiger partial charge in [0, 0.05) is 35.2 Å². The van der Waals surface area contributed by atoms with Gasteiger partial charge in [0.2, 0.25) is 0 Å². The number of nitrogens with one attached hydrogen (secondary N) is 1. The van der Waals surface area contributed by atoms with E-state index in [9.17, 15) is 10.0 Å². The number of ether oxygens (including phenoxy) is 2. The van der Waals surface area contributed by atoms with Crippen molar-refractivity contribution in [1.82, 2.24) is 5.06 Å². The monoisotopic (exact) mass is 405 g/mol. The minimum Gasteiger partial charge on any atom is -0.493 e. The van der Waals surface area contributed by atoms with E-state index in [2.05, 4.69) is 24.2 Å². The van der Waals surface area contributed by atoms with Gasteiger partial charge in [0.15, 0.2) is 11.5 Å². The molecule has 0 spiro atoms. The number of methoxy groups -OCH3 is 2. The molecular formula is C20H27N3O4S. The molecule has 1 amide bonds. The molecule has 1 aliphatic heterocycles. The van der Waals surface area contributed by atoms with E-state index in [-0.39, 0.29) is 11.3 Å². The molecule has 0 bridgehead atoms. The Kier molecular flexibility index (Phi) is 5.90. The summed E-state index contributed by atoms with van der Waals surface area (Å²) in [7, 11) is 4.57. The Morgan fingerprint density at radius 3 is 2.64 bits per heavy atom. The molecule has 1 heterocycles. The first-order valence-corrected chi connectivity index (χ1v) is 10.1. The fraction of sp³-hybridized carbons (Fsp3) is 0.500. The molecule has 8 heteroatoms. The standard InChI is InChI=1S/C20H27N3O4S/c1-20(2)9-13(21-12-6-7-16(26-4)17(8-12)27-5)18-14(10-20)22-15(11-28-18)19(24)23(3)25/h6-8,15,21,25H,9-11H2,1-5H3. The molecule has 7 nitrogen and oxygen atoms in total. The Bertz CT molecular complexity index is 833. The Labute approximate surface area is 169 Å². The number of benzene rings is 1. The second-order valence-electron chi connectivity index (χ2n) is 7.78.